The predicted molar refractivity (Wildman–Crippen MR) is 103 cm³/mol. The van der Waals surface area contributed by atoms with Crippen LogP contribution in [0.3, 0.4) is 0 Å². The molecule has 2 aromatic rings. The lowest BCUT2D eigenvalue weighted by Crippen LogP contribution is -2.32. The highest BCUT2D eigenvalue weighted by Crippen LogP contribution is 2.37. The Kier molecular flexibility index (Phi) is 4.76. The van der Waals surface area contributed by atoms with Gasteiger partial charge in [0.25, 0.3) is 5.69 Å². The molecule has 27 heavy (non-hydrogen) atoms. The van der Waals surface area contributed by atoms with E-state index < -0.39 is 0 Å². The highest BCUT2D eigenvalue weighted by molar-refractivity contribution is 8.13. The zero-order valence-corrected chi connectivity index (χ0v) is 15.4. The summed E-state index contributed by atoms with van der Waals surface area (Å²) in [5, 5.41) is 16.4. The zero-order valence-electron chi connectivity index (χ0n) is 14.6. The van der Waals surface area contributed by atoms with Crippen molar-refractivity contribution in [2.24, 2.45) is 5.10 Å². The highest BCUT2D eigenvalue weighted by atomic mass is 32.2. The van der Waals surface area contributed by atoms with Crippen molar-refractivity contribution in [1.29, 1.82) is 0 Å². The smallest absolute Gasteiger partial charge is 0.273 e. The largest absolute Gasteiger partial charge is 0.454 e. The zero-order chi connectivity index (χ0) is 18.8. The fourth-order valence-electron chi connectivity index (χ4n) is 3.08. The third-order valence-electron chi connectivity index (χ3n) is 4.44. The number of rotatable bonds is 5. The summed E-state index contributed by atoms with van der Waals surface area (Å²) in [7, 11) is 0. The number of fused-ring (bicyclic) bond motifs is 1. The number of hydrogen-bond acceptors (Lipinski definition) is 8. The van der Waals surface area contributed by atoms with Crippen molar-refractivity contribution in [3.63, 3.8) is 0 Å². The van der Waals surface area contributed by atoms with Gasteiger partial charge in [0.15, 0.2) is 16.7 Å². The van der Waals surface area contributed by atoms with E-state index in [0.29, 0.717) is 11.3 Å². The Hall–Kier alpha value is -2.94. The van der Waals surface area contributed by atoms with Gasteiger partial charge in [-0.3, -0.25) is 15.5 Å². The molecule has 2 aliphatic heterocycles. The molecular formula is C18H18N4O4S. The van der Waals surface area contributed by atoms with Crippen LogP contribution in [0.25, 0.3) is 0 Å². The molecule has 4 rings (SSSR count). The number of ether oxygens (including phenoxy) is 2. The first-order chi connectivity index (χ1) is 13.2. The van der Waals surface area contributed by atoms with E-state index in [1.54, 1.807) is 12.1 Å². The second-order valence-electron chi connectivity index (χ2n) is 6.00. The number of hydrogen-bond donors (Lipinski definition) is 1. The van der Waals surface area contributed by atoms with Gasteiger partial charge in [0.1, 0.15) is 6.17 Å². The molecule has 1 N–H and O–H groups in total. The Morgan fingerprint density at radius 3 is 2.93 bits per heavy atom. The van der Waals surface area contributed by atoms with Gasteiger partial charge in [-0.05, 0) is 24.6 Å². The van der Waals surface area contributed by atoms with Crippen molar-refractivity contribution >= 4 is 22.6 Å². The summed E-state index contributed by atoms with van der Waals surface area (Å²) in [4.78, 5) is 13.0. The normalized spacial score (nSPS) is 17.6. The van der Waals surface area contributed by atoms with Crippen molar-refractivity contribution in [1.82, 2.24) is 10.3 Å². The fourth-order valence-corrected chi connectivity index (χ4v) is 4.13. The monoisotopic (exact) mass is 386 g/mol. The van der Waals surface area contributed by atoms with E-state index in [2.05, 4.69) is 15.4 Å². The summed E-state index contributed by atoms with van der Waals surface area (Å²) in [6.45, 7) is 3.03. The molecule has 0 radical (unpaired) electrons. The van der Waals surface area contributed by atoms with Crippen LogP contribution >= 0.6 is 11.8 Å². The Bertz CT molecular complexity index is 905. The summed E-state index contributed by atoms with van der Waals surface area (Å²) in [6.07, 6.45) is -0.113. The number of hydrazone groups is 1. The van der Waals surface area contributed by atoms with Crippen LogP contribution in [0, 0.1) is 10.1 Å². The van der Waals surface area contributed by atoms with Gasteiger partial charge in [-0.2, -0.15) is 5.10 Å². The molecule has 8 nitrogen and oxygen atoms in total. The molecule has 0 saturated heterocycles. The van der Waals surface area contributed by atoms with Gasteiger partial charge in [-0.1, -0.05) is 36.0 Å². The average molecular weight is 386 g/mol. The first kappa shape index (κ1) is 17.5. The third-order valence-corrected chi connectivity index (χ3v) is 5.48. The van der Waals surface area contributed by atoms with Crippen molar-refractivity contribution in [3.05, 3.63) is 63.7 Å². The minimum Gasteiger partial charge on any atom is -0.454 e. The highest BCUT2D eigenvalue weighted by Gasteiger charge is 2.29. The molecule has 0 aliphatic carbocycles. The molecule has 2 heterocycles. The molecule has 1 unspecified atom stereocenters. The Labute approximate surface area is 160 Å². The topological polar surface area (TPSA) is 89.2 Å². The van der Waals surface area contributed by atoms with Gasteiger partial charge in [0.05, 0.1) is 4.92 Å². The first-order valence-electron chi connectivity index (χ1n) is 8.52. The lowest BCUT2D eigenvalue weighted by atomic mass is 10.1. The van der Waals surface area contributed by atoms with Crippen LogP contribution in [-0.2, 0) is 5.75 Å². The number of nitrogens with one attached hydrogen (secondary N) is 1. The molecule has 2 aliphatic rings. The minimum atomic E-state index is -0.350. The van der Waals surface area contributed by atoms with Gasteiger partial charge in [-0.25, -0.2) is 0 Å². The number of benzene rings is 2. The second-order valence-corrected chi connectivity index (χ2v) is 6.94. The van der Waals surface area contributed by atoms with Crippen LogP contribution in [0.1, 0.15) is 24.2 Å². The van der Waals surface area contributed by atoms with Crippen molar-refractivity contribution in [2.75, 3.05) is 13.3 Å². The van der Waals surface area contributed by atoms with Gasteiger partial charge in [-0.15, -0.1) is 0 Å². The molecule has 0 aromatic heterocycles. The number of nitrogens with zero attached hydrogens (tertiary/aromatic N) is 3. The Morgan fingerprint density at radius 1 is 1.30 bits per heavy atom. The van der Waals surface area contributed by atoms with E-state index in [-0.39, 0.29) is 23.6 Å². The van der Waals surface area contributed by atoms with Crippen LogP contribution in [0.5, 0.6) is 11.5 Å². The molecule has 0 fully saturated rings. The fraction of sp³-hybridized carbons (Fsp3) is 0.278. The van der Waals surface area contributed by atoms with Gasteiger partial charge >= 0.3 is 0 Å². The van der Waals surface area contributed by atoms with E-state index >= 15 is 0 Å². The van der Waals surface area contributed by atoms with E-state index in [1.807, 2.05) is 31.2 Å². The standard InChI is InChI=1S/C18H18N4O4S/c1-2-21-17(12-7-8-15-16(9-12)26-11-25-15)19-20-18(21)27-10-13-5-3-4-6-14(13)22(23)24/h3-9,17,19H,2,10-11H2,1H3. The SMILES string of the molecule is CCN1C(SCc2ccccc2[N+](=O)[O-])=NNC1c1ccc2c(c1)OCO2. The van der Waals surface area contributed by atoms with Crippen molar-refractivity contribution < 1.29 is 14.4 Å². The van der Waals surface area contributed by atoms with Gasteiger partial charge in [0, 0.05) is 23.9 Å². The molecule has 0 amide bonds. The molecule has 0 bridgehead atoms. The van der Waals surface area contributed by atoms with Crippen LogP contribution in [0.15, 0.2) is 47.6 Å². The third kappa shape index (κ3) is 3.37. The number of nitro groups is 1. The van der Waals surface area contributed by atoms with E-state index in [9.17, 15) is 10.1 Å². The molecule has 1 atom stereocenters. The minimum absolute atomic E-state index is 0.113. The predicted octanol–water partition coefficient (Wildman–Crippen LogP) is 3.45. The molecule has 0 saturated carbocycles. The van der Waals surface area contributed by atoms with Crippen LogP contribution < -0.4 is 14.9 Å². The summed E-state index contributed by atoms with van der Waals surface area (Å²) < 4.78 is 10.8. The molecular weight excluding hydrogens is 368 g/mol. The number of para-hydroxylation sites is 1. The molecule has 140 valence electrons. The molecule has 2 aromatic carbocycles. The van der Waals surface area contributed by atoms with E-state index in [4.69, 9.17) is 9.47 Å². The quantitative estimate of drug-likeness (QED) is 0.622. The van der Waals surface area contributed by atoms with Crippen LogP contribution in [0.2, 0.25) is 0 Å². The number of thioether (sulfide) groups is 1. The van der Waals surface area contributed by atoms with Gasteiger partial charge < -0.3 is 14.4 Å². The lowest BCUT2D eigenvalue weighted by molar-refractivity contribution is -0.385. The summed E-state index contributed by atoms with van der Waals surface area (Å²) in [5.74, 6) is 1.94. The maximum Gasteiger partial charge on any atom is 0.273 e. The van der Waals surface area contributed by atoms with Crippen molar-refractivity contribution in [3.8, 4) is 11.5 Å². The maximum absolute atomic E-state index is 11.2. The second kappa shape index (κ2) is 7.36. The summed E-state index contributed by atoms with van der Waals surface area (Å²) >= 11 is 1.48. The Balaban J connectivity index is 1.48. The number of amidine groups is 1. The van der Waals surface area contributed by atoms with E-state index in [1.165, 1.54) is 17.8 Å². The van der Waals surface area contributed by atoms with Crippen LogP contribution in [-0.4, -0.2) is 28.3 Å². The average Bonchev–Trinajstić information content (AvgIpc) is 3.32. The lowest BCUT2D eigenvalue weighted by Gasteiger charge is -2.25. The van der Waals surface area contributed by atoms with E-state index in [0.717, 1.165) is 28.8 Å². The van der Waals surface area contributed by atoms with Gasteiger partial charge in [0.2, 0.25) is 6.79 Å². The van der Waals surface area contributed by atoms with Crippen LogP contribution in [0.4, 0.5) is 5.69 Å². The molecule has 9 heteroatoms. The number of nitro benzene ring substituents is 1. The summed E-state index contributed by atoms with van der Waals surface area (Å²) in [6, 6.07) is 12.6. The Morgan fingerprint density at radius 2 is 2.11 bits per heavy atom. The van der Waals surface area contributed by atoms with Crippen molar-refractivity contribution in [2.45, 2.75) is 18.8 Å². The summed E-state index contributed by atoms with van der Waals surface area (Å²) in [5.41, 5.74) is 4.98. The maximum atomic E-state index is 11.2. The first-order valence-corrected chi connectivity index (χ1v) is 9.50. The molecule has 0 spiro atoms.